The number of hydrazine groups is 1. The first-order valence-electron chi connectivity index (χ1n) is 16.7. The molecule has 11 nitrogen and oxygen atoms in total. The fourth-order valence-corrected chi connectivity index (χ4v) is 5.97. The summed E-state index contributed by atoms with van der Waals surface area (Å²) in [6.07, 6.45) is 4.21. The smallest absolute Gasteiger partial charge is 0.325 e. The number of carbonyl (C=O) groups excluding carboxylic acids is 3. The van der Waals surface area contributed by atoms with Crippen molar-refractivity contribution in [1.29, 1.82) is 0 Å². The van der Waals surface area contributed by atoms with Gasteiger partial charge in [0.1, 0.15) is 24.8 Å². The maximum Gasteiger partial charge on any atom is 0.325 e. The van der Waals surface area contributed by atoms with Crippen LogP contribution in [0.25, 0.3) is 17.0 Å². The van der Waals surface area contributed by atoms with Crippen LogP contribution in [0.15, 0.2) is 36.4 Å². The highest BCUT2D eigenvalue weighted by Gasteiger charge is 2.34. The van der Waals surface area contributed by atoms with Crippen LogP contribution in [-0.2, 0) is 34.8 Å². The Morgan fingerprint density at radius 1 is 1.10 bits per heavy atom. The normalized spacial score (nSPS) is 18.9. The van der Waals surface area contributed by atoms with Crippen molar-refractivity contribution in [2.24, 2.45) is 11.8 Å². The number of alkyl halides is 3. The summed E-state index contributed by atoms with van der Waals surface area (Å²) in [5, 5.41) is 5.08. The lowest BCUT2D eigenvalue weighted by molar-refractivity contribution is -0.153. The van der Waals surface area contributed by atoms with Gasteiger partial charge in [-0.25, -0.2) is 14.4 Å². The minimum atomic E-state index is -1.74. The van der Waals surface area contributed by atoms with Gasteiger partial charge in [0, 0.05) is 11.9 Å². The Bertz CT molecular complexity index is 1550. The van der Waals surface area contributed by atoms with Gasteiger partial charge in [-0.05, 0) is 77.0 Å². The Labute approximate surface area is 313 Å². The number of carbonyl (C=O) groups is 3. The number of rotatable bonds is 14. The van der Waals surface area contributed by atoms with E-state index in [1.165, 1.54) is 5.01 Å². The minimum Gasteiger partial charge on any atom is -0.460 e. The van der Waals surface area contributed by atoms with Gasteiger partial charge in [0.15, 0.2) is 0 Å². The highest BCUT2D eigenvalue weighted by Crippen LogP contribution is 2.26. The molecule has 15 heteroatoms. The number of nitrogens with zero attached hydrogens (tertiary/aromatic N) is 2. The summed E-state index contributed by atoms with van der Waals surface area (Å²) >= 11 is 17.0. The number of nitrogens with one attached hydrogen (secondary N) is 3. The van der Waals surface area contributed by atoms with Gasteiger partial charge in [0.25, 0.3) is 5.91 Å². The van der Waals surface area contributed by atoms with Crippen LogP contribution >= 0.6 is 34.8 Å². The fraction of sp³-hybridized carbons (Fsp3) is 0.600. The summed E-state index contributed by atoms with van der Waals surface area (Å²) in [6, 6.07) is 8.14. The summed E-state index contributed by atoms with van der Waals surface area (Å²) in [6.45, 7) is 15.3. The first-order chi connectivity index (χ1) is 23.2. The molecule has 1 aliphatic rings. The molecule has 1 aliphatic heterocycles. The molecule has 0 saturated carbocycles. The first kappa shape index (κ1) is 42.1. The lowest BCUT2D eigenvalue weighted by Gasteiger charge is -2.34. The first-order valence-corrected chi connectivity index (χ1v) is 19.0. The van der Waals surface area contributed by atoms with E-state index >= 15 is 0 Å². The molecule has 1 saturated heterocycles. The lowest BCUT2D eigenvalue weighted by Crippen LogP contribution is -2.60. The van der Waals surface area contributed by atoms with Crippen LogP contribution in [0.4, 0.5) is 0 Å². The predicted octanol–water partition coefficient (Wildman–Crippen LogP) is 5.95. The molecule has 0 aliphatic carbocycles. The maximum absolute atomic E-state index is 13.2. The average Bonchev–Trinajstić information content (AvgIpc) is 3.04. The Morgan fingerprint density at radius 3 is 2.42 bits per heavy atom. The number of hydrogen-bond acceptors (Lipinski definition) is 8. The molecule has 1 aromatic heterocycles. The highest BCUT2D eigenvalue weighted by atomic mass is 35.6. The van der Waals surface area contributed by atoms with E-state index in [-0.39, 0.29) is 29.2 Å². The number of amides is 2. The summed E-state index contributed by atoms with van der Waals surface area (Å²) in [5.41, 5.74) is 5.47. The number of aromatic nitrogens is 1. The summed E-state index contributed by atoms with van der Waals surface area (Å²) in [7, 11) is -1.22. The van der Waals surface area contributed by atoms with Crippen molar-refractivity contribution in [3.8, 4) is 0 Å². The largest absolute Gasteiger partial charge is 0.460 e. The van der Waals surface area contributed by atoms with Gasteiger partial charge >= 0.3 is 5.97 Å². The zero-order chi connectivity index (χ0) is 37.4. The SMILES string of the molecule is CC(C=Cc1ccc2ccc([C@@H](C)NS(=O)C(C)(C)C)nc2c1)CO[C@H](C(=O)N[C@@H](C)C(=O)N1CCC[C@@H](C(=O)OCC(Cl)(Cl)Cl)N1)C(C)C. The molecule has 6 atom stereocenters. The number of hydrogen-bond donors (Lipinski definition) is 3. The van der Waals surface area contributed by atoms with E-state index in [0.29, 0.717) is 19.4 Å². The fourth-order valence-electron chi connectivity index (χ4n) is 5.01. The Kier molecular flexibility index (Phi) is 15.5. The molecule has 2 unspecified atom stereocenters. The molecule has 278 valence electrons. The van der Waals surface area contributed by atoms with Gasteiger partial charge < -0.3 is 14.8 Å². The molecular formula is C35H50Cl3N5O6S. The van der Waals surface area contributed by atoms with Crippen LogP contribution in [-0.4, -0.2) is 78.5 Å². The van der Waals surface area contributed by atoms with Gasteiger partial charge in [-0.15, -0.1) is 0 Å². The third-order valence-electron chi connectivity index (χ3n) is 7.89. The molecule has 2 heterocycles. The minimum absolute atomic E-state index is 0.0227. The van der Waals surface area contributed by atoms with Gasteiger partial charge in [0.05, 0.1) is 39.6 Å². The van der Waals surface area contributed by atoms with Gasteiger partial charge in [-0.3, -0.25) is 24.4 Å². The molecule has 50 heavy (non-hydrogen) atoms. The van der Waals surface area contributed by atoms with Crippen molar-refractivity contribution in [3.05, 3.63) is 47.7 Å². The number of benzene rings is 1. The van der Waals surface area contributed by atoms with E-state index in [9.17, 15) is 18.6 Å². The maximum atomic E-state index is 13.2. The summed E-state index contributed by atoms with van der Waals surface area (Å²) in [5.74, 6) is -1.62. The molecular weight excluding hydrogens is 725 g/mol. The van der Waals surface area contributed by atoms with E-state index < -0.39 is 57.4 Å². The van der Waals surface area contributed by atoms with Crippen LogP contribution in [0, 0.1) is 11.8 Å². The van der Waals surface area contributed by atoms with Crippen LogP contribution in [0.5, 0.6) is 0 Å². The summed E-state index contributed by atoms with van der Waals surface area (Å²) in [4.78, 5) is 43.7. The summed E-state index contributed by atoms with van der Waals surface area (Å²) < 4.78 is 24.7. The second-order valence-electron chi connectivity index (χ2n) is 14.0. The lowest BCUT2D eigenvalue weighted by atomic mass is 10.0. The van der Waals surface area contributed by atoms with Gasteiger partial charge in [0.2, 0.25) is 9.70 Å². The van der Waals surface area contributed by atoms with Crippen LogP contribution in [0.1, 0.15) is 85.5 Å². The quantitative estimate of drug-likeness (QED) is 0.158. The average molecular weight is 775 g/mol. The van der Waals surface area contributed by atoms with Crippen molar-refractivity contribution >= 4 is 80.6 Å². The third kappa shape index (κ3) is 13.0. The number of esters is 1. The predicted molar refractivity (Wildman–Crippen MR) is 201 cm³/mol. The highest BCUT2D eigenvalue weighted by molar-refractivity contribution is 7.84. The number of pyridine rings is 1. The molecule has 0 spiro atoms. The molecule has 1 aromatic carbocycles. The molecule has 1 fully saturated rings. The van der Waals surface area contributed by atoms with E-state index in [2.05, 4.69) is 15.5 Å². The van der Waals surface area contributed by atoms with Crippen molar-refractivity contribution < 1.29 is 28.1 Å². The Morgan fingerprint density at radius 2 is 1.78 bits per heavy atom. The molecule has 2 amide bonds. The second kappa shape index (κ2) is 18.4. The van der Waals surface area contributed by atoms with Crippen LogP contribution in [0.2, 0.25) is 0 Å². The molecule has 0 radical (unpaired) electrons. The standard InChI is InChI=1S/C35H50Cl3N5O6S/c1-21(2)30(31(44)39-24(5)32(45)43-17-9-10-28(41-43)33(46)49-20-35(36,37)38)48-19-22(3)11-12-25-13-14-26-15-16-27(40-29(26)18-25)23(4)42-50(47)34(6,7)8/h11-16,18,21-24,28,30,41-42H,9-10,17,19-20H2,1-8H3,(H,39,44)/t22?,23-,24+,28+,30+,50?/m1/s1. The van der Waals surface area contributed by atoms with Crippen LogP contribution in [0.3, 0.4) is 0 Å². The number of fused-ring (bicyclic) bond motifs is 1. The van der Waals surface area contributed by atoms with Crippen molar-refractivity contribution in [2.45, 2.75) is 101 Å². The third-order valence-corrected chi connectivity index (χ3v) is 9.89. The van der Waals surface area contributed by atoms with Crippen molar-refractivity contribution in [3.63, 3.8) is 0 Å². The number of ether oxygens (including phenoxy) is 2. The van der Waals surface area contributed by atoms with Gasteiger partial charge in [-0.1, -0.05) is 85.9 Å². The topological polar surface area (TPSA) is 139 Å². The number of halogens is 3. The second-order valence-corrected chi connectivity index (χ2v) is 18.5. The monoisotopic (exact) mass is 773 g/mol. The Balaban J connectivity index is 1.55. The van der Waals surface area contributed by atoms with Crippen LogP contribution < -0.4 is 15.5 Å². The van der Waals surface area contributed by atoms with E-state index in [1.54, 1.807) is 6.92 Å². The zero-order valence-corrected chi connectivity index (χ0v) is 33.0. The van der Waals surface area contributed by atoms with E-state index in [0.717, 1.165) is 22.2 Å². The van der Waals surface area contributed by atoms with E-state index in [1.807, 2.05) is 91.0 Å². The molecule has 3 N–H and O–H groups in total. The Hall–Kier alpha value is -2.32. The van der Waals surface area contributed by atoms with Crippen molar-refractivity contribution in [1.82, 2.24) is 25.5 Å². The zero-order valence-electron chi connectivity index (χ0n) is 29.9. The van der Waals surface area contributed by atoms with Gasteiger partial charge in [-0.2, -0.15) is 0 Å². The molecule has 2 aromatic rings. The van der Waals surface area contributed by atoms with E-state index in [4.69, 9.17) is 49.3 Å². The molecule has 0 bridgehead atoms. The molecule has 3 rings (SSSR count). The van der Waals surface area contributed by atoms with Crippen molar-refractivity contribution in [2.75, 3.05) is 19.8 Å².